The number of hydrogen-bond acceptors (Lipinski definition) is 3. The SMILES string of the molecule is Cc1cc([C@@H](C)NC(=O)[C@@H]2C[C@@H]2c2cc(F)c(C(C)(C)C)c(F)c2)ccc1NS(C)(=O)=O. The zero-order valence-corrected chi connectivity index (χ0v) is 20.0. The molecule has 0 heterocycles. The van der Waals surface area contributed by atoms with Crippen molar-refractivity contribution < 1.29 is 22.0 Å². The molecule has 2 aromatic rings. The van der Waals surface area contributed by atoms with E-state index in [1.54, 1.807) is 39.8 Å². The van der Waals surface area contributed by atoms with Crippen LogP contribution in [-0.2, 0) is 20.2 Å². The van der Waals surface area contributed by atoms with Crippen LogP contribution in [0.15, 0.2) is 30.3 Å². The molecule has 3 atom stereocenters. The van der Waals surface area contributed by atoms with Gasteiger partial charge in [-0.1, -0.05) is 32.9 Å². The molecule has 0 saturated heterocycles. The number of amides is 1. The minimum absolute atomic E-state index is 0.0562. The molecule has 0 unspecified atom stereocenters. The Morgan fingerprint density at radius 1 is 1.12 bits per heavy atom. The van der Waals surface area contributed by atoms with Crippen LogP contribution in [0.3, 0.4) is 0 Å². The Kier molecular flexibility index (Phi) is 6.39. The van der Waals surface area contributed by atoms with E-state index in [4.69, 9.17) is 0 Å². The van der Waals surface area contributed by atoms with E-state index in [9.17, 15) is 22.0 Å². The molecule has 0 spiro atoms. The van der Waals surface area contributed by atoms with Crippen LogP contribution in [0.5, 0.6) is 0 Å². The van der Waals surface area contributed by atoms with E-state index in [-0.39, 0.29) is 29.3 Å². The molecule has 32 heavy (non-hydrogen) atoms. The van der Waals surface area contributed by atoms with Crippen molar-refractivity contribution in [2.24, 2.45) is 5.92 Å². The van der Waals surface area contributed by atoms with Crippen LogP contribution in [-0.4, -0.2) is 20.6 Å². The van der Waals surface area contributed by atoms with E-state index in [1.165, 1.54) is 12.1 Å². The standard InChI is InChI=1S/C24H30F2N2O3S/c1-13-9-15(7-8-21(13)28-32(6,30)31)14(2)27-23(29)18-12-17(18)16-10-19(25)22(20(26)11-16)24(3,4)5/h7-11,14,17-18,28H,12H2,1-6H3,(H,27,29)/t14-,17-,18-/m1/s1. The Labute approximate surface area is 188 Å². The van der Waals surface area contributed by atoms with Gasteiger partial charge in [0, 0.05) is 11.5 Å². The van der Waals surface area contributed by atoms with Gasteiger partial charge in [0.05, 0.1) is 18.0 Å². The second-order valence-electron chi connectivity index (χ2n) is 9.74. The van der Waals surface area contributed by atoms with Crippen molar-refractivity contribution >= 4 is 21.6 Å². The van der Waals surface area contributed by atoms with E-state index in [0.29, 0.717) is 17.7 Å². The minimum Gasteiger partial charge on any atom is -0.349 e. The maximum atomic E-state index is 14.5. The second kappa shape index (κ2) is 8.46. The number of halogens is 2. The van der Waals surface area contributed by atoms with Gasteiger partial charge in [-0.2, -0.15) is 0 Å². The number of carbonyl (C=O) groups is 1. The molecule has 1 aliphatic carbocycles. The third-order valence-electron chi connectivity index (χ3n) is 5.77. The fraction of sp³-hybridized carbons (Fsp3) is 0.458. The number of benzene rings is 2. The second-order valence-corrected chi connectivity index (χ2v) is 11.5. The summed E-state index contributed by atoms with van der Waals surface area (Å²) in [6.45, 7) is 8.90. The smallest absolute Gasteiger partial charge is 0.229 e. The van der Waals surface area contributed by atoms with E-state index in [0.717, 1.165) is 17.4 Å². The van der Waals surface area contributed by atoms with Gasteiger partial charge in [0.25, 0.3) is 0 Å². The zero-order chi connectivity index (χ0) is 24.0. The summed E-state index contributed by atoms with van der Waals surface area (Å²) in [5, 5.41) is 2.95. The minimum atomic E-state index is -3.38. The Balaban J connectivity index is 1.67. The fourth-order valence-electron chi connectivity index (χ4n) is 4.05. The summed E-state index contributed by atoms with van der Waals surface area (Å²) < 4.78 is 54.4. The van der Waals surface area contributed by atoms with Gasteiger partial charge in [-0.05, 0) is 66.5 Å². The monoisotopic (exact) mass is 464 g/mol. The quantitative estimate of drug-likeness (QED) is 0.637. The van der Waals surface area contributed by atoms with E-state index < -0.39 is 27.1 Å². The van der Waals surface area contributed by atoms with Crippen molar-refractivity contribution in [1.82, 2.24) is 5.32 Å². The van der Waals surface area contributed by atoms with Crippen molar-refractivity contribution in [2.45, 2.75) is 58.4 Å². The molecule has 1 amide bonds. The highest BCUT2D eigenvalue weighted by atomic mass is 32.2. The van der Waals surface area contributed by atoms with Crippen LogP contribution < -0.4 is 10.0 Å². The van der Waals surface area contributed by atoms with E-state index >= 15 is 0 Å². The van der Waals surface area contributed by atoms with Crippen LogP contribution in [0.4, 0.5) is 14.5 Å². The predicted octanol–water partition coefficient (Wildman–Crippen LogP) is 4.92. The normalized spacial score (nSPS) is 19.4. The van der Waals surface area contributed by atoms with Crippen LogP contribution in [0.25, 0.3) is 0 Å². The number of hydrogen-bond donors (Lipinski definition) is 2. The molecule has 0 radical (unpaired) electrons. The van der Waals surface area contributed by atoms with Crippen LogP contribution >= 0.6 is 0 Å². The molecule has 1 fully saturated rings. The van der Waals surface area contributed by atoms with Crippen LogP contribution in [0, 0.1) is 24.5 Å². The van der Waals surface area contributed by atoms with Gasteiger partial charge >= 0.3 is 0 Å². The average Bonchev–Trinajstić information content (AvgIpc) is 3.41. The summed E-state index contributed by atoms with van der Waals surface area (Å²) in [6.07, 6.45) is 1.63. The van der Waals surface area contributed by atoms with Gasteiger partial charge in [0.2, 0.25) is 15.9 Å². The van der Waals surface area contributed by atoms with Crippen LogP contribution in [0.2, 0.25) is 0 Å². The summed E-state index contributed by atoms with van der Waals surface area (Å²) in [4.78, 5) is 12.7. The maximum Gasteiger partial charge on any atom is 0.229 e. The molecule has 174 valence electrons. The first-order valence-corrected chi connectivity index (χ1v) is 12.4. The Bertz CT molecular complexity index is 1130. The first kappa shape index (κ1) is 24.2. The van der Waals surface area contributed by atoms with Gasteiger partial charge in [-0.25, -0.2) is 17.2 Å². The third kappa shape index (κ3) is 5.46. The zero-order valence-electron chi connectivity index (χ0n) is 19.2. The maximum absolute atomic E-state index is 14.5. The Hall–Kier alpha value is -2.48. The van der Waals surface area contributed by atoms with Gasteiger partial charge in [-0.3, -0.25) is 9.52 Å². The molecule has 2 aromatic carbocycles. The summed E-state index contributed by atoms with van der Waals surface area (Å²) in [5.41, 5.74) is 1.97. The Morgan fingerprint density at radius 3 is 2.22 bits per heavy atom. The molecule has 1 aliphatic rings. The van der Waals surface area contributed by atoms with Gasteiger partial charge in [0.1, 0.15) is 11.6 Å². The van der Waals surface area contributed by atoms with E-state index in [1.807, 2.05) is 13.0 Å². The number of anilines is 1. The molecule has 1 saturated carbocycles. The molecule has 5 nitrogen and oxygen atoms in total. The summed E-state index contributed by atoms with van der Waals surface area (Å²) in [6, 6.07) is 7.64. The molecule has 8 heteroatoms. The fourth-order valence-corrected chi connectivity index (χ4v) is 4.68. The number of carbonyl (C=O) groups excluding carboxylic acids is 1. The molecule has 0 aliphatic heterocycles. The Morgan fingerprint density at radius 2 is 1.72 bits per heavy atom. The van der Waals surface area contributed by atoms with E-state index in [2.05, 4.69) is 10.0 Å². The largest absolute Gasteiger partial charge is 0.349 e. The van der Waals surface area contributed by atoms with Gasteiger partial charge in [-0.15, -0.1) is 0 Å². The van der Waals surface area contributed by atoms with Gasteiger partial charge < -0.3 is 5.32 Å². The first-order valence-electron chi connectivity index (χ1n) is 10.6. The number of nitrogens with one attached hydrogen (secondary N) is 2. The van der Waals surface area contributed by atoms with Gasteiger partial charge in [0.15, 0.2) is 0 Å². The summed E-state index contributed by atoms with van der Waals surface area (Å²) in [5.74, 6) is -1.86. The topological polar surface area (TPSA) is 75.3 Å². The highest BCUT2D eigenvalue weighted by molar-refractivity contribution is 7.92. The highest BCUT2D eigenvalue weighted by Gasteiger charge is 2.45. The summed E-state index contributed by atoms with van der Waals surface area (Å²) in [7, 11) is -3.38. The van der Waals surface area contributed by atoms with Crippen molar-refractivity contribution in [3.63, 3.8) is 0 Å². The average molecular weight is 465 g/mol. The lowest BCUT2D eigenvalue weighted by Gasteiger charge is -2.21. The number of rotatable bonds is 6. The molecular weight excluding hydrogens is 434 g/mol. The number of aryl methyl sites for hydroxylation is 1. The predicted molar refractivity (Wildman–Crippen MR) is 122 cm³/mol. The lowest BCUT2D eigenvalue weighted by molar-refractivity contribution is -0.123. The summed E-state index contributed by atoms with van der Waals surface area (Å²) >= 11 is 0. The molecule has 0 aromatic heterocycles. The molecular formula is C24H30F2N2O3S. The lowest BCUT2D eigenvalue weighted by Crippen LogP contribution is -2.28. The third-order valence-corrected chi connectivity index (χ3v) is 6.37. The molecule has 0 bridgehead atoms. The molecule has 3 rings (SSSR count). The highest BCUT2D eigenvalue weighted by Crippen LogP contribution is 2.48. The number of sulfonamides is 1. The van der Waals surface area contributed by atoms with Crippen molar-refractivity contribution in [3.8, 4) is 0 Å². The molecule has 2 N–H and O–H groups in total. The lowest BCUT2D eigenvalue weighted by atomic mass is 9.85. The van der Waals surface area contributed by atoms with Crippen molar-refractivity contribution in [2.75, 3.05) is 11.0 Å². The van der Waals surface area contributed by atoms with Crippen molar-refractivity contribution in [3.05, 3.63) is 64.2 Å². The van der Waals surface area contributed by atoms with Crippen LogP contribution in [0.1, 0.15) is 68.3 Å². The first-order chi connectivity index (χ1) is 14.7. The van der Waals surface area contributed by atoms with Crippen molar-refractivity contribution in [1.29, 1.82) is 0 Å².